The van der Waals surface area contributed by atoms with E-state index in [-0.39, 0.29) is 35.1 Å². The second kappa shape index (κ2) is 7.84. The van der Waals surface area contributed by atoms with Gasteiger partial charge in [-0.3, -0.25) is 4.55 Å². The van der Waals surface area contributed by atoms with E-state index in [0.717, 1.165) is 0 Å². The summed E-state index contributed by atoms with van der Waals surface area (Å²) in [4.78, 5) is 10.1. The molecule has 5 nitrogen and oxygen atoms in total. The second-order valence-corrected chi connectivity index (χ2v) is 3.85. The number of hydrogen-bond acceptors (Lipinski definition) is 4. The Bertz CT molecular complexity index is 379. The number of hydrogen-bond donors (Lipinski definition) is 1. The largest absolute Gasteiger partial charge is 1.00 e. The summed E-state index contributed by atoms with van der Waals surface area (Å²) in [5.74, 6) is -1.13. The van der Waals surface area contributed by atoms with Gasteiger partial charge >= 0.3 is 29.6 Å². The number of carbonyl (C=O) groups excluding carboxylic acids is 1. The van der Waals surface area contributed by atoms with Gasteiger partial charge in [0, 0.05) is 0 Å². The first kappa shape index (κ1) is 17.0. The maximum atomic E-state index is 10.1. The average molecular weight is 240 g/mol. The molecule has 0 amide bonds. The van der Waals surface area contributed by atoms with Crippen LogP contribution in [0.25, 0.3) is 0 Å². The van der Waals surface area contributed by atoms with Crippen molar-refractivity contribution in [3.05, 3.63) is 35.9 Å². The van der Waals surface area contributed by atoms with E-state index < -0.39 is 16.1 Å². The third-order valence-electron chi connectivity index (χ3n) is 1.01. The fraction of sp³-hybridized carbons (Fsp3) is 0.125. The molecule has 1 rings (SSSR count). The summed E-state index contributed by atoms with van der Waals surface area (Å²) in [6.45, 7) is 0. The van der Waals surface area contributed by atoms with Crippen molar-refractivity contribution >= 4 is 16.1 Å². The molecule has 0 bridgehead atoms. The van der Waals surface area contributed by atoms with Gasteiger partial charge in [-0.1, -0.05) is 30.3 Å². The van der Waals surface area contributed by atoms with Crippen LogP contribution >= 0.6 is 0 Å². The molecule has 1 N–H and O–H groups in total. The molecule has 7 heteroatoms. The summed E-state index contributed by atoms with van der Waals surface area (Å²) < 4.78 is 25.9. The van der Waals surface area contributed by atoms with Gasteiger partial charge in [-0.15, -0.1) is 0 Å². The van der Waals surface area contributed by atoms with Crippen LogP contribution in [0, 0.1) is 0 Å². The molecule has 0 heterocycles. The van der Waals surface area contributed by atoms with Crippen LogP contribution in [0.15, 0.2) is 30.3 Å². The van der Waals surface area contributed by atoms with Crippen LogP contribution in [0.2, 0.25) is 0 Å². The van der Waals surface area contributed by atoms with Gasteiger partial charge < -0.3 is 9.90 Å². The Morgan fingerprint density at radius 1 is 1.27 bits per heavy atom. The van der Waals surface area contributed by atoms with Crippen LogP contribution in [-0.4, -0.2) is 25.2 Å². The van der Waals surface area contributed by atoms with Crippen molar-refractivity contribution in [1.82, 2.24) is 0 Å². The number of carboxylic acid groups (broad SMARTS) is 1. The Hall–Kier alpha value is -0.400. The predicted octanol–water partition coefficient (Wildman–Crippen LogP) is -3.44. The molecule has 1 aromatic rings. The van der Waals surface area contributed by atoms with Gasteiger partial charge in [0.15, 0.2) is 0 Å². The summed E-state index contributed by atoms with van der Waals surface area (Å²) in [7, 11) is -3.67. The van der Waals surface area contributed by atoms with Crippen LogP contribution in [-0.2, 0) is 10.1 Å². The van der Waals surface area contributed by atoms with E-state index in [4.69, 9.17) is 4.55 Å². The average Bonchev–Trinajstić information content (AvgIpc) is 2.03. The SMILES string of the molecule is CS(=O)(=O)O.O=C([O-])c1ccccc1.[Na+]. The quantitative estimate of drug-likeness (QED) is 0.407. The number of aromatic carboxylic acids is 1. The summed E-state index contributed by atoms with van der Waals surface area (Å²) in [5.41, 5.74) is 0.220. The van der Waals surface area contributed by atoms with Crippen molar-refractivity contribution in [3.8, 4) is 0 Å². The standard InChI is InChI=1S/C7H6O2.CH4O3S.Na/c8-7(9)6-4-2-1-3-5-6;1-5(2,3)4;/h1-5H,(H,8,9);1H3,(H,2,3,4);/q;;+1/p-1. The van der Waals surface area contributed by atoms with Gasteiger partial charge in [-0.25, -0.2) is 0 Å². The van der Waals surface area contributed by atoms with Crippen LogP contribution < -0.4 is 34.7 Å². The Balaban J connectivity index is 0. The number of benzene rings is 1. The van der Waals surface area contributed by atoms with E-state index in [9.17, 15) is 18.3 Å². The zero-order valence-electron chi connectivity index (χ0n) is 8.38. The van der Waals surface area contributed by atoms with Crippen molar-refractivity contribution in [2.24, 2.45) is 0 Å². The first-order valence-corrected chi connectivity index (χ1v) is 5.34. The minimum absolute atomic E-state index is 0. The van der Waals surface area contributed by atoms with Gasteiger partial charge in [0.05, 0.1) is 12.2 Å². The first-order valence-electron chi connectivity index (χ1n) is 3.49. The van der Waals surface area contributed by atoms with E-state index in [1.54, 1.807) is 18.2 Å². The zero-order chi connectivity index (χ0) is 11.2. The third kappa shape index (κ3) is 13.6. The minimum atomic E-state index is -3.67. The van der Waals surface area contributed by atoms with Crippen LogP contribution in [0.4, 0.5) is 0 Å². The maximum absolute atomic E-state index is 10.1. The molecule has 0 saturated carbocycles. The normalized spacial score (nSPS) is 9.20. The van der Waals surface area contributed by atoms with E-state index in [1.807, 2.05) is 0 Å². The zero-order valence-corrected chi connectivity index (χ0v) is 11.2. The second-order valence-electron chi connectivity index (χ2n) is 2.39. The van der Waals surface area contributed by atoms with Crippen LogP contribution in [0.3, 0.4) is 0 Å². The van der Waals surface area contributed by atoms with Crippen LogP contribution in [0.5, 0.6) is 0 Å². The molecule has 0 aromatic heterocycles. The molecule has 0 unspecified atom stereocenters. The monoisotopic (exact) mass is 240 g/mol. The summed E-state index contributed by atoms with van der Waals surface area (Å²) in [6, 6.07) is 8.06. The van der Waals surface area contributed by atoms with Gasteiger partial charge in [-0.2, -0.15) is 8.42 Å². The summed E-state index contributed by atoms with van der Waals surface area (Å²) >= 11 is 0. The Labute approximate surface area is 110 Å². The molecule has 78 valence electrons. The molecule has 0 aliphatic heterocycles. The fourth-order valence-electron chi connectivity index (χ4n) is 0.574. The van der Waals surface area contributed by atoms with Crippen LogP contribution in [0.1, 0.15) is 10.4 Å². The van der Waals surface area contributed by atoms with E-state index in [2.05, 4.69) is 0 Å². The Morgan fingerprint density at radius 2 is 1.60 bits per heavy atom. The summed E-state index contributed by atoms with van der Waals surface area (Å²) in [6.07, 6.45) is 0.715. The number of rotatable bonds is 1. The minimum Gasteiger partial charge on any atom is -0.545 e. The van der Waals surface area contributed by atoms with Gasteiger partial charge in [0.25, 0.3) is 10.1 Å². The van der Waals surface area contributed by atoms with E-state index in [0.29, 0.717) is 6.26 Å². The number of carboxylic acids is 1. The van der Waals surface area contributed by atoms with E-state index >= 15 is 0 Å². The molecular weight excluding hydrogens is 231 g/mol. The third-order valence-corrected chi connectivity index (χ3v) is 1.01. The van der Waals surface area contributed by atoms with Crippen molar-refractivity contribution in [3.63, 3.8) is 0 Å². The van der Waals surface area contributed by atoms with Gasteiger partial charge in [0.2, 0.25) is 0 Å². The topological polar surface area (TPSA) is 94.5 Å². The molecule has 15 heavy (non-hydrogen) atoms. The molecular formula is C8H9NaO5S. The molecule has 0 aliphatic rings. The molecule has 0 saturated heterocycles. The molecule has 0 fully saturated rings. The van der Waals surface area contributed by atoms with E-state index in [1.165, 1.54) is 12.1 Å². The van der Waals surface area contributed by atoms with Crippen molar-refractivity contribution < 1.29 is 52.4 Å². The van der Waals surface area contributed by atoms with Crippen molar-refractivity contribution in [2.75, 3.05) is 6.26 Å². The Kier molecular flexibility index (Phi) is 8.89. The predicted molar refractivity (Wildman–Crippen MR) is 48.2 cm³/mol. The van der Waals surface area contributed by atoms with Crippen molar-refractivity contribution in [2.45, 2.75) is 0 Å². The fourth-order valence-corrected chi connectivity index (χ4v) is 0.574. The smallest absolute Gasteiger partial charge is 0.545 e. The molecule has 0 atom stereocenters. The maximum Gasteiger partial charge on any atom is 1.00 e. The van der Waals surface area contributed by atoms with Crippen molar-refractivity contribution in [1.29, 1.82) is 0 Å². The first-order chi connectivity index (χ1) is 6.30. The molecule has 0 aliphatic carbocycles. The molecule has 0 radical (unpaired) electrons. The summed E-state index contributed by atoms with van der Waals surface area (Å²) in [5, 5.41) is 10.1. The van der Waals surface area contributed by atoms with Gasteiger partial charge in [0.1, 0.15) is 0 Å². The Morgan fingerprint density at radius 3 is 1.80 bits per heavy atom. The molecule has 1 aromatic carbocycles. The van der Waals surface area contributed by atoms with Gasteiger partial charge in [-0.05, 0) is 5.56 Å². The molecule has 0 spiro atoms. The number of carbonyl (C=O) groups is 1.